The van der Waals surface area contributed by atoms with E-state index in [2.05, 4.69) is 64.9 Å². The van der Waals surface area contributed by atoms with Gasteiger partial charge in [0.25, 0.3) is 0 Å². The van der Waals surface area contributed by atoms with Gasteiger partial charge in [0.05, 0.1) is 17.4 Å². The zero-order valence-electron chi connectivity index (χ0n) is 14.5. The van der Waals surface area contributed by atoms with E-state index in [4.69, 9.17) is 4.98 Å². The third kappa shape index (κ3) is 3.52. The van der Waals surface area contributed by atoms with E-state index in [1.165, 1.54) is 30.4 Å². The summed E-state index contributed by atoms with van der Waals surface area (Å²) in [6, 6.07) is 21.1. The normalized spacial score (nSPS) is 16.6. The molecule has 0 amide bonds. The van der Waals surface area contributed by atoms with Gasteiger partial charge in [0.2, 0.25) is 0 Å². The number of aromatic nitrogens is 2. The lowest BCUT2D eigenvalue weighted by atomic mass is 9.81. The van der Waals surface area contributed by atoms with E-state index in [9.17, 15) is 0 Å². The molecule has 128 valence electrons. The Hall–Kier alpha value is -2.39. The monoisotopic (exact) mass is 331 g/mol. The Morgan fingerprint density at radius 2 is 1.56 bits per heavy atom. The van der Waals surface area contributed by atoms with Gasteiger partial charge in [-0.15, -0.1) is 0 Å². The number of imidazole rings is 1. The van der Waals surface area contributed by atoms with Crippen LogP contribution in [-0.2, 0) is 12.1 Å². The van der Waals surface area contributed by atoms with Crippen molar-refractivity contribution in [2.24, 2.45) is 0 Å². The predicted molar refractivity (Wildman–Crippen MR) is 102 cm³/mol. The van der Waals surface area contributed by atoms with E-state index in [-0.39, 0.29) is 5.54 Å². The molecule has 1 aromatic heterocycles. The van der Waals surface area contributed by atoms with E-state index in [0.717, 1.165) is 30.9 Å². The molecule has 0 bridgehead atoms. The smallest absolute Gasteiger partial charge is 0.126 e. The molecule has 0 spiro atoms. The molecule has 1 saturated carbocycles. The first-order valence-corrected chi connectivity index (χ1v) is 9.26. The van der Waals surface area contributed by atoms with Crippen LogP contribution in [0.5, 0.6) is 0 Å². The lowest BCUT2D eigenvalue weighted by Gasteiger charge is -2.37. The van der Waals surface area contributed by atoms with Gasteiger partial charge in [0.15, 0.2) is 0 Å². The minimum absolute atomic E-state index is 0.0406. The SMILES string of the molecule is c1ccc(CNC2(c3ncc(-c4ccccc4)[nH]3)CCCCC2)cc1. The van der Waals surface area contributed by atoms with Gasteiger partial charge < -0.3 is 10.3 Å². The minimum atomic E-state index is -0.0406. The van der Waals surface area contributed by atoms with Crippen LogP contribution in [0.15, 0.2) is 66.9 Å². The maximum atomic E-state index is 4.78. The second-order valence-electron chi connectivity index (χ2n) is 6.99. The van der Waals surface area contributed by atoms with Crippen molar-refractivity contribution in [2.75, 3.05) is 0 Å². The maximum Gasteiger partial charge on any atom is 0.126 e. The van der Waals surface area contributed by atoms with Gasteiger partial charge in [-0.3, -0.25) is 0 Å². The van der Waals surface area contributed by atoms with Crippen molar-refractivity contribution in [1.29, 1.82) is 0 Å². The van der Waals surface area contributed by atoms with Crippen LogP contribution in [0.4, 0.5) is 0 Å². The summed E-state index contributed by atoms with van der Waals surface area (Å²) in [5.74, 6) is 1.09. The summed E-state index contributed by atoms with van der Waals surface area (Å²) >= 11 is 0. The molecular weight excluding hydrogens is 306 g/mol. The first-order valence-electron chi connectivity index (χ1n) is 9.26. The number of hydrogen-bond donors (Lipinski definition) is 2. The Balaban J connectivity index is 1.59. The number of aromatic amines is 1. The van der Waals surface area contributed by atoms with E-state index in [1.807, 2.05) is 12.3 Å². The van der Waals surface area contributed by atoms with E-state index in [0.29, 0.717) is 0 Å². The Morgan fingerprint density at radius 1 is 0.880 bits per heavy atom. The zero-order chi connectivity index (χ0) is 17.0. The average molecular weight is 331 g/mol. The Bertz CT molecular complexity index is 786. The molecule has 0 radical (unpaired) electrons. The number of H-pyrrole nitrogens is 1. The summed E-state index contributed by atoms with van der Waals surface area (Å²) in [5.41, 5.74) is 3.57. The lowest BCUT2D eigenvalue weighted by molar-refractivity contribution is 0.219. The van der Waals surface area contributed by atoms with Crippen molar-refractivity contribution in [3.63, 3.8) is 0 Å². The molecule has 2 N–H and O–H groups in total. The van der Waals surface area contributed by atoms with Crippen LogP contribution in [0, 0.1) is 0 Å². The molecule has 3 nitrogen and oxygen atoms in total. The first kappa shape index (κ1) is 16.1. The molecule has 1 fully saturated rings. The lowest BCUT2D eigenvalue weighted by Crippen LogP contribution is -2.44. The van der Waals surface area contributed by atoms with Crippen molar-refractivity contribution in [3.8, 4) is 11.3 Å². The van der Waals surface area contributed by atoms with Crippen LogP contribution in [0.2, 0.25) is 0 Å². The summed E-state index contributed by atoms with van der Waals surface area (Å²) in [6.07, 6.45) is 8.09. The minimum Gasteiger partial charge on any atom is -0.340 e. The molecule has 0 atom stereocenters. The number of nitrogens with one attached hydrogen (secondary N) is 2. The summed E-state index contributed by atoms with van der Waals surface area (Å²) in [7, 11) is 0. The molecule has 1 aliphatic carbocycles. The maximum absolute atomic E-state index is 4.78. The Morgan fingerprint density at radius 3 is 2.28 bits per heavy atom. The molecule has 1 heterocycles. The van der Waals surface area contributed by atoms with E-state index < -0.39 is 0 Å². The highest BCUT2D eigenvalue weighted by atomic mass is 15.1. The van der Waals surface area contributed by atoms with Gasteiger partial charge in [0, 0.05) is 6.54 Å². The van der Waals surface area contributed by atoms with E-state index >= 15 is 0 Å². The van der Waals surface area contributed by atoms with Crippen LogP contribution >= 0.6 is 0 Å². The van der Waals surface area contributed by atoms with Crippen molar-refractivity contribution >= 4 is 0 Å². The molecule has 0 aliphatic heterocycles. The van der Waals surface area contributed by atoms with Crippen molar-refractivity contribution in [2.45, 2.75) is 44.2 Å². The fraction of sp³-hybridized carbons (Fsp3) is 0.318. The molecule has 4 rings (SSSR count). The average Bonchev–Trinajstić information content (AvgIpc) is 3.20. The summed E-state index contributed by atoms with van der Waals surface area (Å²) in [5, 5.41) is 3.84. The number of rotatable bonds is 5. The van der Waals surface area contributed by atoms with Crippen molar-refractivity contribution in [1.82, 2.24) is 15.3 Å². The molecule has 1 aliphatic rings. The number of benzene rings is 2. The largest absolute Gasteiger partial charge is 0.340 e. The van der Waals surface area contributed by atoms with Crippen LogP contribution < -0.4 is 5.32 Å². The highest BCUT2D eigenvalue weighted by molar-refractivity contribution is 5.58. The molecule has 3 heteroatoms. The van der Waals surface area contributed by atoms with Gasteiger partial charge in [0.1, 0.15) is 5.82 Å². The van der Waals surface area contributed by atoms with Gasteiger partial charge >= 0.3 is 0 Å². The predicted octanol–water partition coefficient (Wildman–Crippen LogP) is 5.03. The molecular formula is C22H25N3. The Labute approximate surface area is 149 Å². The highest BCUT2D eigenvalue weighted by Crippen LogP contribution is 2.36. The van der Waals surface area contributed by atoms with Gasteiger partial charge in [-0.2, -0.15) is 0 Å². The summed E-state index contributed by atoms with van der Waals surface area (Å²) in [4.78, 5) is 8.39. The third-order valence-corrected chi connectivity index (χ3v) is 5.29. The van der Waals surface area contributed by atoms with Crippen molar-refractivity contribution < 1.29 is 0 Å². The number of nitrogens with zero attached hydrogens (tertiary/aromatic N) is 1. The number of hydrogen-bond acceptors (Lipinski definition) is 2. The fourth-order valence-corrected chi connectivity index (χ4v) is 3.85. The van der Waals surface area contributed by atoms with Gasteiger partial charge in [-0.1, -0.05) is 79.9 Å². The van der Waals surface area contributed by atoms with Crippen LogP contribution in [0.3, 0.4) is 0 Å². The first-order chi connectivity index (χ1) is 12.4. The topological polar surface area (TPSA) is 40.7 Å². The molecule has 0 unspecified atom stereocenters. The van der Waals surface area contributed by atoms with Crippen LogP contribution in [-0.4, -0.2) is 9.97 Å². The molecule has 3 aromatic rings. The third-order valence-electron chi connectivity index (χ3n) is 5.29. The van der Waals surface area contributed by atoms with E-state index in [1.54, 1.807) is 0 Å². The molecule has 0 saturated heterocycles. The fourth-order valence-electron chi connectivity index (χ4n) is 3.85. The molecule has 25 heavy (non-hydrogen) atoms. The quantitative estimate of drug-likeness (QED) is 0.689. The second kappa shape index (κ2) is 7.24. The summed E-state index contributed by atoms with van der Waals surface area (Å²) < 4.78 is 0. The zero-order valence-corrected chi connectivity index (χ0v) is 14.5. The van der Waals surface area contributed by atoms with Gasteiger partial charge in [-0.25, -0.2) is 4.98 Å². The van der Waals surface area contributed by atoms with Crippen molar-refractivity contribution in [3.05, 3.63) is 78.2 Å². The standard InChI is InChI=1S/C22H25N3/c1-4-10-18(11-5-1)16-24-22(14-8-3-9-15-22)21-23-17-20(25-21)19-12-6-2-7-13-19/h1-2,4-7,10-13,17,24H,3,8-9,14-16H2,(H,23,25). The molecule has 2 aromatic carbocycles. The summed E-state index contributed by atoms with van der Waals surface area (Å²) in [6.45, 7) is 0.877. The second-order valence-corrected chi connectivity index (χ2v) is 6.99. The highest BCUT2D eigenvalue weighted by Gasteiger charge is 2.36. The van der Waals surface area contributed by atoms with Crippen LogP contribution in [0.1, 0.15) is 43.5 Å². The Kier molecular flexibility index (Phi) is 4.66. The van der Waals surface area contributed by atoms with Gasteiger partial charge in [-0.05, 0) is 24.0 Å². The van der Waals surface area contributed by atoms with Crippen LogP contribution in [0.25, 0.3) is 11.3 Å².